The smallest absolute Gasteiger partial charge is 0.195 e. The van der Waals surface area contributed by atoms with Gasteiger partial charge < -0.3 is 0 Å². The lowest BCUT2D eigenvalue weighted by molar-refractivity contribution is 0.0979. The van der Waals surface area contributed by atoms with Crippen LogP contribution in [-0.2, 0) is 6.42 Å². The summed E-state index contributed by atoms with van der Waals surface area (Å²) in [5.41, 5.74) is 8.67. The van der Waals surface area contributed by atoms with Crippen LogP contribution >= 0.6 is 15.9 Å². The number of ketones is 2. The Morgan fingerprint density at radius 1 is 0.533 bits per heavy atom. The molecule has 0 bridgehead atoms. The van der Waals surface area contributed by atoms with Gasteiger partial charge in [-0.05, 0) is 46.4 Å². The first-order valence-electron chi connectivity index (χ1n) is 9.86. The summed E-state index contributed by atoms with van der Waals surface area (Å²) in [6.45, 7) is 0. The third-order valence-corrected chi connectivity index (χ3v) is 6.82. The summed E-state index contributed by atoms with van der Waals surface area (Å²) < 4.78 is 0.825. The standard InChI is InChI=1S/C27H15BrO2/c28-23-13-12-21-25(27(30)20-9-4-3-8-19(20)26(21)29)24(23)18-11-5-10-17-16-7-2-1-6-15(16)14-22(17)18/h1-13H,14H2. The predicted octanol–water partition coefficient (Wildman–Crippen LogP) is 6.46. The van der Waals surface area contributed by atoms with Gasteiger partial charge in [-0.15, -0.1) is 0 Å². The van der Waals surface area contributed by atoms with E-state index in [1.165, 1.54) is 22.3 Å². The molecule has 0 fully saturated rings. The average molecular weight is 451 g/mol. The second-order valence-corrected chi connectivity index (χ2v) is 8.57. The zero-order valence-corrected chi connectivity index (χ0v) is 17.5. The van der Waals surface area contributed by atoms with Crippen molar-refractivity contribution < 1.29 is 9.59 Å². The molecule has 30 heavy (non-hydrogen) atoms. The van der Waals surface area contributed by atoms with Crippen LogP contribution in [0, 0.1) is 0 Å². The predicted molar refractivity (Wildman–Crippen MR) is 121 cm³/mol. The first-order chi connectivity index (χ1) is 14.6. The Balaban J connectivity index is 1.64. The normalized spacial score (nSPS) is 13.5. The van der Waals surface area contributed by atoms with Crippen molar-refractivity contribution in [3.05, 3.63) is 117 Å². The molecule has 2 aliphatic carbocycles. The minimum Gasteiger partial charge on any atom is -0.289 e. The summed E-state index contributed by atoms with van der Waals surface area (Å²) >= 11 is 3.68. The van der Waals surface area contributed by atoms with E-state index >= 15 is 0 Å². The Morgan fingerprint density at radius 3 is 1.97 bits per heavy atom. The van der Waals surface area contributed by atoms with E-state index in [9.17, 15) is 9.59 Å². The molecule has 3 heteroatoms. The van der Waals surface area contributed by atoms with Crippen LogP contribution in [0.25, 0.3) is 22.3 Å². The van der Waals surface area contributed by atoms with Crippen molar-refractivity contribution in [1.29, 1.82) is 0 Å². The first kappa shape index (κ1) is 17.5. The van der Waals surface area contributed by atoms with Gasteiger partial charge in [0.05, 0.1) is 0 Å². The molecule has 0 aromatic heterocycles. The Kier molecular flexibility index (Phi) is 3.71. The molecule has 0 heterocycles. The third kappa shape index (κ3) is 2.30. The van der Waals surface area contributed by atoms with E-state index in [0.717, 1.165) is 22.0 Å². The minimum absolute atomic E-state index is 0.0928. The van der Waals surface area contributed by atoms with Crippen LogP contribution in [0.15, 0.2) is 83.3 Å². The summed E-state index contributed by atoms with van der Waals surface area (Å²) in [4.78, 5) is 26.7. The Morgan fingerprint density at radius 2 is 1.17 bits per heavy atom. The highest BCUT2D eigenvalue weighted by Crippen LogP contribution is 2.46. The maximum atomic E-state index is 13.5. The molecule has 4 aromatic carbocycles. The van der Waals surface area contributed by atoms with E-state index in [-0.39, 0.29) is 11.6 Å². The van der Waals surface area contributed by atoms with E-state index in [0.29, 0.717) is 22.3 Å². The number of halogens is 1. The molecule has 0 unspecified atom stereocenters. The Hall–Kier alpha value is -3.30. The number of rotatable bonds is 1. The third-order valence-electron chi connectivity index (χ3n) is 6.16. The van der Waals surface area contributed by atoms with Crippen molar-refractivity contribution >= 4 is 27.5 Å². The summed E-state index contributed by atoms with van der Waals surface area (Å²) in [5.74, 6) is -0.186. The van der Waals surface area contributed by atoms with Crippen LogP contribution in [0.5, 0.6) is 0 Å². The first-order valence-corrected chi connectivity index (χ1v) is 10.7. The van der Waals surface area contributed by atoms with E-state index in [2.05, 4.69) is 52.3 Å². The number of carbonyl (C=O) groups excluding carboxylic acids is 2. The molecule has 0 amide bonds. The highest BCUT2D eigenvalue weighted by molar-refractivity contribution is 9.10. The van der Waals surface area contributed by atoms with Crippen molar-refractivity contribution in [2.45, 2.75) is 6.42 Å². The van der Waals surface area contributed by atoms with Gasteiger partial charge in [0.25, 0.3) is 0 Å². The second kappa shape index (κ2) is 6.35. The van der Waals surface area contributed by atoms with Gasteiger partial charge in [-0.25, -0.2) is 0 Å². The van der Waals surface area contributed by atoms with E-state index in [1.807, 2.05) is 18.2 Å². The number of hydrogen-bond donors (Lipinski definition) is 0. The summed E-state index contributed by atoms with van der Waals surface area (Å²) in [5, 5.41) is 0. The van der Waals surface area contributed by atoms with Crippen LogP contribution in [-0.4, -0.2) is 11.6 Å². The van der Waals surface area contributed by atoms with Gasteiger partial charge in [-0.2, -0.15) is 0 Å². The maximum Gasteiger partial charge on any atom is 0.195 e. The quantitative estimate of drug-likeness (QED) is 0.288. The lowest BCUT2D eigenvalue weighted by Crippen LogP contribution is -2.22. The molecule has 0 aliphatic heterocycles. The van der Waals surface area contributed by atoms with Crippen molar-refractivity contribution in [3.8, 4) is 22.3 Å². The Bertz CT molecular complexity index is 1410. The zero-order chi connectivity index (χ0) is 20.4. The monoisotopic (exact) mass is 450 g/mol. The molecule has 2 aliphatic rings. The largest absolute Gasteiger partial charge is 0.289 e. The topological polar surface area (TPSA) is 34.1 Å². The SMILES string of the molecule is O=C1c2ccccc2C(=O)c2c1ccc(Br)c2-c1cccc2c1Cc1ccccc1-2. The average Bonchev–Trinajstić information content (AvgIpc) is 3.16. The number of carbonyl (C=O) groups is 2. The molecule has 0 atom stereocenters. The van der Waals surface area contributed by atoms with Crippen LogP contribution < -0.4 is 0 Å². The van der Waals surface area contributed by atoms with Gasteiger partial charge in [0.2, 0.25) is 0 Å². The van der Waals surface area contributed by atoms with E-state index < -0.39 is 0 Å². The second-order valence-electron chi connectivity index (χ2n) is 7.71. The highest BCUT2D eigenvalue weighted by Gasteiger charge is 2.34. The van der Waals surface area contributed by atoms with Crippen LogP contribution in [0.2, 0.25) is 0 Å². The molecule has 4 aromatic rings. The summed E-state index contributed by atoms with van der Waals surface area (Å²) in [7, 11) is 0. The molecule has 0 N–H and O–H groups in total. The van der Waals surface area contributed by atoms with Crippen LogP contribution in [0.3, 0.4) is 0 Å². The molecular weight excluding hydrogens is 436 g/mol. The van der Waals surface area contributed by atoms with Crippen molar-refractivity contribution in [2.24, 2.45) is 0 Å². The number of hydrogen-bond acceptors (Lipinski definition) is 2. The molecule has 6 rings (SSSR count). The van der Waals surface area contributed by atoms with Gasteiger partial charge in [0.1, 0.15) is 0 Å². The maximum absolute atomic E-state index is 13.5. The fraction of sp³-hybridized carbons (Fsp3) is 0.0370. The van der Waals surface area contributed by atoms with E-state index in [1.54, 1.807) is 24.3 Å². The highest BCUT2D eigenvalue weighted by atomic mass is 79.9. The van der Waals surface area contributed by atoms with Gasteiger partial charge >= 0.3 is 0 Å². The Labute approximate surface area is 182 Å². The van der Waals surface area contributed by atoms with Crippen LogP contribution in [0.4, 0.5) is 0 Å². The summed E-state index contributed by atoms with van der Waals surface area (Å²) in [6.07, 6.45) is 0.816. The van der Waals surface area contributed by atoms with Gasteiger partial charge in [-0.1, -0.05) is 82.7 Å². The molecule has 0 radical (unpaired) electrons. The van der Waals surface area contributed by atoms with E-state index in [4.69, 9.17) is 0 Å². The van der Waals surface area contributed by atoms with Gasteiger partial charge in [0.15, 0.2) is 11.6 Å². The molecule has 2 nitrogen and oxygen atoms in total. The lowest BCUT2D eigenvalue weighted by atomic mass is 9.79. The molecule has 0 spiro atoms. The van der Waals surface area contributed by atoms with Crippen LogP contribution in [0.1, 0.15) is 43.0 Å². The fourth-order valence-electron chi connectivity index (χ4n) is 4.82. The lowest BCUT2D eigenvalue weighted by Gasteiger charge is -2.22. The van der Waals surface area contributed by atoms with Crippen molar-refractivity contribution in [3.63, 3.8) is 0 Å². The summed E-state index contributed by atoms with van der Waals surface area (Å²) in [6, 6.07) is 25.4. The molecule has 142 valence electrons. The molecule has 0 saturated carbocycles. The zero-order valence-electron chi connectivity index (χ0n) is 15.9. The van der Waals surface area contributed by atoms with Crippen molar-refractivity contribution in [2.75, 3.05) is 0 Å². The van der Waals surface area contributed by atoms with Gasteiger partial charge in [-0.3, -0.25) is 9.59 Å². The minimum atomic E-state index is -0.0929. The van der Waals surface area contributed by atoms with Gasteiger partial charge in [0, 0.05) is 32.3 Å². The fourth-order valence-corrected chi connectivity index (χ4v) is 5.36. The molecular formula is C27H15BrO2. The number of benzene rings is 4. The number of fused-ring (bicyclic) bond motifs is 5. The van der Waals surface area contributed by atoms with Crippen molar-refractivity contribution in [1.82, 2.24) is 0 Å². The molecule has 0 saturated heterocycles.